The minimum absolute atomic E-state index is 0.0741. The van der Waals surface area contributed by atoms with Crippen LogP contribution in [0.25, 0.3) is 0 Å². The zero-order valence-corrected chi connectivity index (χ0v) is 14.9. The van der Waals surface area contributed by atoms with Gasteiger partial charge in [0.15, 0.2) is 0 Å². The number of hydrogen-bond donors (Lipinski definition) is 1. The topological polar surface area (TPSA) is 38.3 Å². The molecule has 0 aliphatic rings. The number of ether oxygens (including phenoxy) is 1. The standard InChI is InChI=1S/C19H25NO2S/c1-19(2,3)15-6-8-16(9-7-15)22-13-12-20-18(21)11-10-17-5-4-14-23-17/h4-9,14H,10-13H2,1-3H3,(H,20,21). The number of amides is 1. The molecule has 0 aliphatic heterocycles. The van der Waals surface area contributed by atoms with Crippen LogP contribution in [0, 0.1) is 0 Å². The Labute approximate surface area is 142 Å². The maximum atomic E-state index is 11.7. The lowest BCUT2D eigenvalue weighted by molar-refractivity contribution is -0.121. The second kappa shape index (κ2) is 8.16. The number of carbonyl (C=O) groups excluding carboxylic acids is 1. The summed E-state index contributed by atoms with van der Waals surface area (Å²) in [5, 5.41) is 4.93. The van der Waals surface area contributed by atoms with Gasteiger partial charge in [-0.3, -0.25) is 4.79 Å². The third-order valence-corrected chi connectivity index (χ3v) is 4.53. The maximum absolute atomic E-state index is 11.7. The highest BCUT2D eigenvalue weighted by molar-refractivity contribution is 7.09. The number of carbonyl (C=O) groups is 1. The van der Waals surface area contributed by atoms with Crippen molar-refractivity contribution in [3.63, 3.8) is 0 Å². The summed E-state index contributed by atoms with van der Waals surface area (Å²) in [6.07, 6.45) is 1.33. The van der Waals surface area contributed by atoms with Crippen LogP contribution in [0.5, 0.6) is 5.75 Å². The van der Waals surface area contributed by atoms with Crippen molar-refractivity contribution >= 4 is 17.2 Å². The van der Waals surface area contributed by atoms with E-state index in [2.05, 4.69) is 44.3 Å². The Bertz CT molecular complexity index is 597. The normalized spacial score (nSPS) is 11.3. The number of hydrogen-bond acceptors (Lipinski definition) is 3. The first-order chi connectivity index (χ1) is 10.9. The Hall–Kier alpha value is -1.81. The zero-order chi connectivity index (χ0) is 16.7. The van der Waals surface area contributed by atoms with Crippen LogP contribution in [0.15, 0.2) is 41.8 Å². The SMILES string of the molecule is CC(C)(C)c1ccc(OCCNC(=O)CCc2cccs2)cc1. The summed E-state index contributed by atoms with van der Waals surface area (Å²) in [5.74, 6) is 0.913. The molecule has 0 saturated heterocycles. The monoisotopic (exact) mass is 331 g/mol. The molecule has 124 valence electrons. The molecule has 3 nitrogen and oxygen atoms in total. The van der Waals surface area contributed by atoms with E-state index in [1.54, 1.807) is 11.3 Å². The number of thiophene rings is 1. The minimum atomic E-state index is 0.0741. The van der Waals surface area contributed by atoms with Crippen LogP contribution in [-0.4, -0.2) is 19.1 Å². The van der Waals surface area contributed by atoms with E-state index in [9.17, 15) is 4.79 Å². The molecule has 0 aliphatic carbocycles. The lowest BCUT2D eigenvalue weighted by Gasteiger charge is -2.19. The third-order valence-electron chi connectivity index (χ3n) is 3.59. The van der Waals surface area contributed by atoms with Crippen LogP contribution < -0.4 is 10.1 Å². The van der Waals surface area contributed by atoms with Gasteiger partial charge < -0.3 is 10.1 Å². The third kappa shape index (κ3) is 6.06. The van der Waals surface area contributed by atoms with Gasteiger partial charge in [0.05, 0.1) is 6.54 Å². The fourth-order valence-corrected chi connectivity index (χ4v) is 2.90. The number of benzene rings is 1. The first kappa shape index (κ1) is 17.5. The van der Waals surface area contributed by atoms with Crippen molar-refractivity contribution in [3.8, 4) is 5.75 Å². The van der Waals surface area contributed by atoms with Gasteiger partial charge in [0.25, 0.3) is 0 Å². The van der Waals surface area contributed by atoms with Crippen molar-refractivity contribution < 1.29 is 9.53 Å². The molecule has 1 aromatic heterocycles. The van der Waals surface area contributed by atoms with Gasteiger partial charge in [0.2, 0.25) is 5.91 Å². The average molecular weight is 331 g/mol. The minimum Gasteiger partial charge on any atom is -0.492 e. The highest BCUT2D eigenvalue weighted by Gasteiger charge is 2.12. The fraction of sp³-hybridized carbons (Fsp3) is 0.421. The Morgan fingerprint density at radius 1 is 1.17 bits per heavy atom. The first-order valence-electron chi connectivity index (χ1n) is 7.97. The molecular weight excluding hydrogens is 306 g/mol. The van der Waals surface area contributed by atoms with Gasteiger partial charge in [-0.1, -0.05) is 39.0 Å². The van der Waals surface area contributed by atoms with E-state index >= 15 is 0 Å². The van der Waals surface area contributed by atoms with E-state index in [-0.39, 0.29) is 11.3 Å². The molecule has 1 amide bonds. The second-order valence-corrected chi connectivity index (χ2v) is 7.58. The van der Waals surface area contributed by atoms with Crippen LogP contribution in [-0.2, 0) is 16.6 Å². The molecule has 0 saturated carbocycles. The Balaban J connectivity index is 1.64. The molecule has 0 atom stereocenters. The molecule has 23 heavy (non-hydrogen) atoms. The molecule has 1 heterocycles. The van der Waals surface area contributed by atoms with Crippen molar-refractivity contribution in [2.75, 3.05) is 13.2 Å². The molecule has 4 heteroatoms. The summed E-state index contributed by atoms with van der Waals surface area (Å²) in [4.78, 5) is 13.0. The van der Waals surface area contributed by atoms with Crippen LogP contribution in [0.3, 0.4) is 0 Å². The molecule has 2 aromatic rings. The maximum Gasteiger partial charge on any atom is 0.220 e. The van der Waals surface area contributed by atoms with E-state index in [1.807, 2.05) is 23.6 Å². The second-order valence-electron chi connectivity index (χ2n) is 6.55. The highest BCUT2D eigenvalue weighted by Crippen LogP contribution is 2.24. The van der Waals surface area contributed by atoms with Crippen LogP contribution in [0.4, 0.5) is 0 Å². The van der Waals surface area contributed by atoms with Crippen molar-refractivity contribution in [3.05, 3.63) is 52.2 Å². The van der Waals surface area contributed by atoms with Crippen molar-refractivity contribution in [2.45, 2.75) is 39.0 Å². The lowest BCUT2D eigenvalue weighted by atomic mass is 9.87. The summed E-state index contributed by atoms with van der Waals surface area (Å²) in [7, 11) is 0. The molecule has 2 rings (SSSR count). The molecular formula is C19H25NO2S. The van der Waals surface area contributed by atoms with Gasteiger partial charge in [-0.2, -0.15) is 0 Å². The molecule has 1 N–H and O–H groups in total. The van der Waals surface area contributed by atoms with Crippen LogP contribution in [0.2, 0.25) is 0 Å². The summed E-state index contributed by atoms with van der Waals surface area (Å²) in [5.41, 5.74) is 1.43. The first-order valence-corrected chi connectivity index (χ1v) is 8.85. The van der Waals surface area contributed by atoms with Gasteiger partial charge in [-0.05, 0) is 41.0 Å². The Kier molecular flexibility index (Phi) is 6.22. The molecule has 0 bridgehead atoms. The summed E-state index contributed by atoms with van der Waals surface area (Å²) >= 11 is 1.69. The smallest absolute Gasteiger partial charge is 0.220 e. The molecule has 1 aromatic carbocycles. The van der Waals surface area contributed by atoms with Crippen LogP contribution in [0.1, 0.15) is 37.6 Å². The van der Waals surface area contributed by atoms with Gasteiger partial charge in [0, 0.05) is 11.3 Å². The van der Waals surface area contributed by atoms with Gasteiger partial charge >= 0.3 is 0 Å². The van der Waals surface area contributed by atoms with Gasteiger partial charge in [-0.25, -0.2) is 0 Å². The number of rotatable bonds is 7. The van der Waals surface area contributed by atoms with Crippen molar-refractivity contribution in [2.24, 2.45) is 0 Å². The van der Waals surface area contributed by atoms with Gasteiger partial charge in [-0.15, -0.1) is 11.3 Å². The largest absolute Gasteiger partial charge is 0.492 e. The fourth-order valence-electron chi connectivity index (χ4n) is 2.19. The lowest BCUT2D eigenvalue weighted by Crippen LogP contribution is -2.28. The van der Waals surface area contributed by atoms with E-state index in [0.29, 0.717) is 19.6 Å². The van der Waals surface area contributed by atoms with Crippen LogP contribution >= 0.6 is 11.3 Å². The Morgan fingerprint density at radius 3 is 2.52 bits per heavy atom. The number of aryl methyl sites for hydroxylation is 1. The average Bonchev–Trinajstić information content (AvgIpc) is 3.02. The predicted molar refractivity (Wildman–Crippen MR) is 96.3 cm³/mol. The molecule has 0 spiro atoms. The van der Waals surface area contributed by atoms with E-state index in [1.165, 1.54) is 10.4 Å². The summed E-state index contributed by atoms with van der Waals surface area (Å²) in [6, 6.07) is 12.2. The molecule has 0 fully saturated rings. The Morgan fingerprint density at radius 2 is 1.91 bits per heavy atom. The van der Waals surface area contributed by atoms with Gasteiger partial charge in [0.1, 0.15) is 12.4 Å². The molecule has 0 radical (unpaired) electrons. The van der Waals surface area contributed by atoms with Crippen molar-refractivity contribution in [1.82, 2.24) is 5.32 Å². The number of nitrogens with one attached hydrogen (secondary N) is 1. The highest BCUT2D eigenvalue weighted by atomic mass is 32.1. The summed E-state index contributed by atoms with van der Waals surface area (Å²) < 4.78 is 5.66. The molecule has 0 unspecified atom stereocenters. The van der Waals surface area contributed by atoms with Crippen molar-refractivity contribution in [1.29, 1.82) is 0 Å². The van der Waals surface area contributed by atoms with E-state index in [0.717, 1.165) is 12.2 Å². The van der Waals surface area contributed by atoms with E-state index in [4.69, 9.17) is 4.74 Å². The predicted octanol–water partition coefficient (Wildman–Crippen LogP) is 4.17. The quantitative estimate of drug-likeness (QED) is 0.773. The zero-order valence-electron chi connectivity index (χ0n) is 14.1. The summed E-state index contributed by atoms with van der Waals surface area (Å²) in [6.45, 7) is 7.58. The van der Waals surface area contributed by atoms with E-state index < -0.39 is 0 Å².